The molecule has 1 fully saturated rings. The SMILES string of the molecule is O=C(Nc1c[nH]c2cc(F)c(F)cc12)c1cn(-c2cnc(C3CCN(CC(F)(F)F)C3)c(F)c2)nn1. The van der Waals surface area contributed by atoms with E-state index in [1.807, 2.05) is 0 Å². The number of H-pyrrole nitrogens is 1. The maximum atomic E-state index is 14.8. The van der Waals surface area contributed by atoms with Crippen molar-refractivity contribution in [2.24, 2.45) is 0 Å². The van der Waals surface area contributed by atoms with Crippen molar-refractivity contribution in [1.29, 1.82) is 0 Å². The molecule has 1 atom stereocenters. The number of pyridine rings is 1. The molecule has 5 rings (SSSR count). The summed E-state index contributed by atoms with van der Waals surface area (Å²) >= 11 is 0. The number of rotatable bonds is 5. The zero-order valence-corrected chi connectivity index (χ0v) is 18.3. The van der Waals surface area contributed by atoms with E-state index in [-0.39, 0.29) is 46.8 Å². The van der Waals surface area contributed by atoms with Crippen molar-refractivity contribution in [3.8, 4) is 5.69 Å². The molecule has 36 heavy (non-hydrogen) atoms. The normalized spacial score (nSPS) is 16.7. The third-order valence-corrected chi connectivity index (χ3v) is 5.88. The molecule has 0 radical (unpaired) electrons. The molecule has 1 aliphatic rings. The summed E-state index contributed by atoms with van der Waals surface area (Å²) in [6, 6.07) is 3.01. The zero-order valence-electron chi connectivity index (χ0n) is 18.3. The van der Waals surface area contributed by atoms with E-state index in [1.165, 1.54) is 23.5 Å². The first-order valence-corrected chi connectivity index (χ1v) is 10.7. The molecule has 0 bridgehead atoms. The van der Waals surface area contributed by atoms with Gasteiger partial charge in [0.15, 0.2) is 17.3 Å². The Hall–Kier alpha value is -3.94. The summed E-state index contributed by atoms with van der Waals surface area (Å²) in [6.07, 6.45) is -0.108. The van der Waals surface area contributed by atoms with E-state index < -0.39 is 42.0 Å². The van der Waals surface area contributed by atoms with E-state index >= 15 is 0 Å². The molecule has 8 nitrogen and oxygen atoms in total. The lowest BCUT2D eigenvalue weighted by Crippen LogP contribution is -2.32. The number of aromatic amines is 1. The van der Waals surface area contributed by atoms with Crippen molar-refractivity contribution in [1.82, 2.24) is 29.9 Å². The number of anilines is 1. The van der Waals surface area contributed by atoms with Crippen LogP contribution in [0.4, 0.5) is 32.0 Å². The lowest BCUT2D eigenvalue weighted by Gasteiger charge is -2.17. The molecular formula is C22H17F6N7O. The fourth-order valence-corrected chi connectivity index (χ4v) is 4.22. The maximum absolute atomic E-state index is 14.8. The highest BCUT2D eigenvalue weighted by Crippen LogP contribution is 2.30. The number of fused-ring (bicyclic) bond motifs is 1. The summed E-state index contributed by atoms with van der Waals surface area (Å²) in [5, 5.41) is 10.3. The van der Waals surface area contributed by atoms with Crippen LogP contribution in [0.25, 0.3) is 16.6 Å². The number of hydrogen-bond donors (Lipinski definition) is 2. The second-order valence-corrected chi connectivity index (χ2v) is 8.41. The van der Waals surface area contributed by atoms with E-state index in [0.717, 1.165) is 22.9 Å². The van der Waals surface area contributed by atoms with E-state index in [0.29, 0.717) is 6.42 Å². The van der Waals surface area contributed by atoms with Gasteiger partial charge in [-0.15, -0.1) is 5.10 Å². The molecule has 4 aromatic rings. The van der Waals surface area contributed by atoms with Gasteiger partial charge in [0.25, 0.3) is 5.91 Å². The number of benzene rings is 1. The van der Waals surface area contributed by atoms with Crippen molar-refractivity contribution in [2.45, 2.75) is 18.5 Å². The molecule has 188 valence electrons. The smallest absolute Gasteiger partial charge is 0.359 e. The van der Waals surface area contributed by atoms with Gasteiger partial charge >= 0.3 is 6.18 Å². The molecular weight excluding hydrogens is 492 g/mol. The van der Waals surface area contributed by atoms with Crippen LogP contribution in [0.5, 0.6) is 0 Å². The largest absolute Gasteiger partial charge is 0.401 e. The molecule has 1 amide bonds. The second-order valence-electron chi connectivity index (χ2n) is 8.41. The number of nitrogens with zero attached hydrogens (tertiary/aromatic N) is 5. The number of carbonyl (C=O) groups excluding carboxylic acids is 1. The highest BCUT2D eigenvalue weighted by atomic mass is 19.4. The predicted octanol–water partition coefficient (Wildman–Crippen LogP) is 4.16. The van der Waals surface area contributed by atoms with E-state index in [2.05, 4.69) is 25.6 Å². The van der Waals surface area contributed by atoms with Gasteiger partial charge in [-0.3, -0.25) is 14.7 Å². The zero-order chi connectivity index (χ0) is 25.6. The number of nitrogens with one attached hydrogen (secondary N) is 2. The van der Waals surface area contributed by atoms with Crippen molar-refractivity contribution >= 4 is 22.5 Å². The third-order valence-electron chi connectivity index (χ3n) is 5.88. The number of hydrogen-bond acceptors (Lipinski definition) is 5. The first-order chi connectivity index (χ1) is 17.1. The predicted molar refractivity (Wildman–Crippen MR) is 115 cm³/mol. The Morgan fingerprint density at radius 3 is 2.67 bits per heavy atom. The van der Waals surface area contributed by atoms with Gasteiger partial charge in [-0.1, -0.05) is 5.21 Å². The van der Waals surface area contributed by atoms with Crippen LogP contribution in [0, 0.1) is 17.5 Å². The molecule has 1 aliphatic heterocycles. The van der Waals surface area contributed by atoms with Gasteiger partial charge in [0.2, 0.25) is 0 Å². The molecule has 0 aliphatic carbocycles. The van der Waals surface area contributed by atoms with Crippen LogP contribution in [-0.2, 0) is 0 Å². The van der Waals surface area contributed by atoms with Gasteiger partial charge in [0, 0.05) is 36.2 Å². The van der Waals surface area contributed by atoms with Gasteiger partial charge in [-0.05, 0) is 19.0 Å². The van der Waals surface area contributed by atoms with Crippen LogP contribution < -0.4 is 5.32 Å². The fourth-order valence-electron chi connectivity index (χ4n) is 4.22. The lowest BCUT2D eigenvalue weighted by molar-refractivity contribution is -0.143. The molecule has 4 heterocycles. The Bertz CT molecular complexity index is 1450. The summed E-state index contributed by atoms with van der Waals surface area (Å²) in [7, 11) is 0. The summed E-state index contributed by atoms with van der Waals surface area (Å²) < 4.78 is 80.7. The van der Waals surface area contributed by atoms with E-state index in [1.54, 1.807) is 0 Å². The fraction of sp³-hybridized carbons (Fsp3) is 0.273. The Morgan fingerprint density at radius 1 is 1.14 bits per heavy atom. The number of halogens is 6. The van der Waals surface area contributed by atoms with Crippen LogP contribution in [0.15, 0.2) is 36.8 Å². The van der Waals surface area contributed by atoms with Gasteiger partial charge in [-0.25, -0.2) is 17.9 Å². The summed E-state index contributed by atoms with van der Waals surface area (Å²) in [5.74, 6) is -4.00. The van der Waals surface area contributed by atoms with Crippen LogP contribution >= 0.6 is 0 Å². The van der Waals surface area contributed by atoms with Crippen molar-refractivity contribution in [2.75, 3.05) is 25.0 Å². The van der Waals surface area contributed by atoms with Crippen LogP contribution in [0.1, 0.15) is 28.5 Å². The minimum Gasteiger partial charge on any atom is -0.359 e. The summed E-state index contributed by atoms with van der Waals surface area (Å²) in [5.41, 5.74) is 0.534. The van der Waals surface area contributed by atoms with Crippen molar-refractivity contribution < 1.29 is 31.1 Å². The Labute approximate surface area is 198 Å². The van der Waals surface area contributed by atoms with Gasteiger partial charge in [0.05, 0.1) is 41.5 Å². The Balaban J connectivity index is 1.29. The number of aromatic nitrogens is 5. The van der Waals surface area contributed by atoms with Crippen LogP contribution in [0.3, 0.4) is 0 Å². The third kappa shape index (κ3) is 4.76. The maximum Gasteiger partial charge on any atom is 0.401 e. The Kier molecular flexibility index (Phi) is 5.90. The quantitative estimate of drug-likeness (QED) is 0.394. The van der Waals surface area contributed by atoms with Crippen LogP contribution in [-0.4, -0.2) is 61.6 Å². The molecule has 1 saturated heterocycles. The van der Waals surface area contributed by atoms with E-state index in [4.69, 9.17) is 0 Å². The minimum absolute atomic E-state index is 0.0425. The number of likely N-dealkylation sites (tertiary alicyclic amines) is 1. The molecule has 14 heteroatoms. The van der Waals surface area contributed by atoms with Crippen molar-refractivity contribution in [3.63, 3.8) is 0 Å². The molecule has 1 aromatic carbocycles. The standard InChI is InChI=1S/C22H17F6N7O/c23-14-4-13-17(5-15(14)24)29-7-18(13)31-21(36)19-9-35(33-32-19)12-3-16(25)20(30-6-12)11-1-2-34(8-11)10-22(26,27)28/h3-7,9,11,29H,1-2,8,10H2,(H,31,36). The molecule has 0 saturated carbocycles. The summed E-state index contributed by atoms with van der Waals surface area (Å²) in [4.78, 5) is 20.6. The first-order valence-electron chi connectivity index (χ1n) is 10.7. The van der Waals surface area contributed by atoms with Crippen molar-refractivity contribution in [3.05, 3.63) is 65.6 Å². The summed E-state index contributed by atoms with van der Waals surface area (Å²) in [6.45, 7) is -0.829. The monoisotopic (exact) mass is 509 g/mol. The highest BCUT2D eigenvalue weighted by Gasteiger charge is 2.35. The number of amides is 1. The van der Waals surface area contributed by atoms with E-state index in [9.17, 15) is 31.1 Å². The topological polar surface area (TPSA) is 91.7 Å². The minimum atomic E-state index is -4.33. The first kappa shape index (κ1) is 23.8. The average Bonchev–Trinajstić information content (AvgIpc) is 3.54. The second kappa shape index (κ2) is 8.93. The number of carbonyl (C=O) groups is 1. The Morgan fingerprint density at radius 2 is 1.92 bits per heavy atom. The lowest BCUT2D eigenvalue weighted by atomic mass is 10.0. The molecule has 2 N–H and O–H groups in total. The molecule has 3 aromatic heterocycles. The molecule has 1 unspecified atom stereocenters. The van der Waals surface area contributed by atoms with Gasteiger partial charge < -0.3 is 10.3 Å². The highest BCUT2D eigenvalue weighted by molar-refractivity contribution is 6.07. The molecule has 0 spiro atoms. The number of alkyl halides is 3. The van der Waals surface area contributed by atoms with Gasteiger partial charge in [0.1, 0.15) is 5.82 Å². The van der Waals surface area contributed by atoms with Gasteiger partial charge in [-0.2, -0.15) is 13.2 Å². The average molecular weight is 509 g/mol. The van der Waals surface area contributed by atoms with Crippen LogP contribution in [0.2, 0.25) is 0 Å².